The fraction of sp³-hybridized carbons (Fsp3) is 0.600. The summed E-state index contributed by atoms with van der Waals surface area (Å²) in [7, 11) is 2.04. The monoisotopic (exact) mass is 311 g/mol. The highest BCUT2D eigenvalue weighted by Gasteiger charge is 2.21. The second-order valence-corrected chi connectivity index (χ2v) is 5.92. The van der Waals surface area contributed by atoms with Gasteiger partial charge in [0, 0.05) is 24.2 Å². The van der Waals surface area contributed by atoms with Gasteiger partial charge in [0.25, 0.3) is 0 Å². The topological polar surface area (TPSA) is 21.3 Å². The van der Waals surface area contributed by atoms with Gasteiger partial charge in [0.2, 0.25) is 0 Å². The summed E-state index contributed by atoms with van der Waals surface area (Å²) in [4.78, 5) is 0. The van der Waals surface area contributed by atoms with Crippen molar-refractivity contribution in [2.75, 3.05) is 26.8 Å². The van der Waals surface area contributed by atoms with Crippen LogP contribution in [0.2, 0.25) is 0 Å². The molecule has 0 spiro atoms. The molecule has 1 unspecified atom stereocenters. The van der Waals surface area contributed by atoms with Crippen LogP contribution in [0, 0.1) is 5.92 Å². The van der Waals surface area contributed by atoms with Gasteiger partial charge in [-0.2, -0.15) is 0 Å². The second-order valence-electron chi connectivity index (χ2n) is 5.07. The molecule has 1 aliphatic rings. The molecule has 18 heavy (non-hydrogen) atoms. The van der Waals surface area contributed by atoms with E-state index in [1.807, 2.05) is 7.05 Å². The Morgan fingerprint density at radius 2 is 2.06 bits per heavy atom. The molecule has 2 nitrogen and oxygen atoms in total. The van der Waals surface area contributed by atoms with Crippen LogP contribution in [-0.4, -0.2) is 26.8 Å². The van der Waals surface area contributed by atoms with Gasteiger partial charge in [0.15, 0.2) is 0 Å². The standard InChI is InChI=1S/C15H22BrNO/c1-17-11-13(10-12-6-8-18-9-7-12)14-4-2-3-5-15(14)16/h2-5,12-13,17H,6-11H2,1H3. The van der Waals surface area contributed by atoms with Gasteiger partial charge in [-0.3, -0.25) is 0 Å². The van der Waals surface area contributed by atoms with Gasteiger partial charge < -0.3 is 10.1 Å². The van der Waals surface area contributed by atoms with Crippen molar-refractivity contribution in [3.05, 3.63) is 34.3 Å². The Bertz CT molecular complexity index is 363. The van der Waals surface area contributed by atoms with Crippen molar-refractivity contribution in [3.63, 3.8) is 0 Å². The summed E-state index contributed by atoms with van der Waals surface area (Å²) in [6.45, 7) is 2.92. The SMILES string of the molecule is CNCC(CC1CCOCC1)c1ccccc1Br. The predicted molar refractivity (Wildman–Crippen MR) is 79.0 cm³/mol. The van der Waals surface area contributed by atoms with Crippen molar-refractivity contribution in [2.24, 2.45) is 5.92 Å². The highest BCUT2D eigenvalue weighted by Crippen LogP contribution is 2.32. The fourth-order valence-corrected chi connectivity index (χ4v) is 3.37. The minimum absolute atomic E-state index is 0.591. The normalized spacial score (nSPS) is 18.8. The molecule has 1 aromatic rings. The van der Waals surface area contributed by atoms with E-state index in [2.05, 4.69) is 45.5 Å². The second kappa shape index (κ2) is 7.27. The lowest BCUT2D eigenvalue weighted by Gasteiger charge is -2.27. The first-order valence-corrected chi connectivity index (χ1v) is 7.57. The lowest BCUT2D eigenvalue weighted by Crippen LogP contribution is -2.23. The molecule has 1 aromatic carbocycles. The number of hydrogen-bond acceptors (Lipinski definition) is 2. The Labute approximate surface area is 118 Å². The van der Waals surface area contributed by atoms with Gasteiger partial charge in [-0.25, -0.2) is 0 Å². The van der Waals surface area contributed by atoms with Crippen LogP contribution in [0.25, 0.3) is 0 Å². The largest absolute Gasteiger partial charge is 0.381 e. The van der Waals surface area contributed by atoms with Crippen LogP contribution in [-0.2, 0) is 4.74 Å². The van der Waals surface area contributed by atoms with Gasteiger partial charge in [-0.15, -0.1) is 0 Å². The van der Waals surface area contributed by atoms with E-state index in [0.717, 1.165) is 25.7 Å². The van der Waals surface area contributed by atoms with Gasteiger partial charge in [0.05, 0.1) is 0 Å². The number of rotatable bonds is 5. The zero-order valence-electron chi connectivity index (χ0n) is 11.0. The number of nitrogens with one attached hydrogen (secondary N) is 1. The van der Waals surface area contributed by atoms with Crippen LogP contribution in [0.3, 0.4) is 0 Å². The third-order valence-electron chi connectivity index (χ3n) is 3.75. The average molecular weight is 312 g/mol. The van der Waals surface area contributed by atoms with Crippen LogP contribution in [0.15, 0.2) is 28.7 Å². The molecule has 0 aliphatic carbocycles. The third-order valence-corrected chi connectivity index (χ3v) is 4.48. The minimum atomic E-state index is 0.591. The zero-order chi connectivity index (χ0) is 12.8. The maximum atomic E-state index is 5.45. The molecule has 0 saturated carbocycles. The Morgan fingerprint density at radius 3 is 2.72 bits per heavy atom. The highest BCUT2D eigenvalue weighted by atomic mass is 79.9. The van der Waals surface area contributed by atoms with Gasteiger partial charge in [-0.1, -0.05) is 34.1 Å². The van der Waals surface area contributed by atoms with Crippen LogP contribution in [0.1, 0.15) is 30.7 Å². The first kappa shape index (κ1) is 14.0. The molecular formula is C15H22BrNO. The maximum Gasteiger partial charge on any atom is 0.0468 e. The molecule has 1 N–H and O–H groups in total. The molecule has 1 heterocycles. The first-order valence-electron chi connectivity index (χ1n) is 6.78. The van der Waals surface area contributed by atoms with Crippen LogP contribution in [0.5, 0.6) is 0 Å². The summed E-state index contributed by atoms with van der Waals surface area (Å²) in [6.07, 6.45) is 3.68. The number of halogens is 1. The summed E-state index contributed by atoms with van der Waals surface area (Å²) in [5, 5.41) is 3.33. The molecule has 1 atom stereocenters. The number of likely N-dealkylation sites (N-methyl/N-ethyl adjacent to an activating group) is 1. The third kappa shape index (κ3) is 3.81. The van der Waals surface area contributed by atoms with Gasteiger partial charge in [-0.05, 0) is 49.8 Å². The summed E-state index contributed by atoms with van der Waals surface area (Å²) in [6, 6.07) is 8.60. The predicted octanol–water partition coefficient (Wildman–Crippen LogP) is 3.57. The molecule has 100 valence electrons. The zero-order valence-corrected chi connectivity index (χ0v) is 12.6. The summed E-state index contributed by atoms with van der Waals surface area (Å²) < 4.78 is 6.68. The van der Waals surface area contributed by atoms with Crippen molar-refractivity contribution in [3.8, 4) is 0 Å². The Balaban J connectivity index is 2.05. The van der Waals surface area contributed by atoms with E-state index >= 15 is 0 Å². The van der Waals surface area contributed by atoms with Crippen LogP contribution in [0.4, 0.5) is 0 Å². The van der Waals surface area contributed by atoms with Crippen molar-refractivity contribution in [1.82, 2.24) is 5.32 Å². The summed E-state index contributed by atoms with van der Waals surface area (Å²) in [5.74, 6) is 1.40. The molecule has 0 aromatic heterocycles. The lowest BCUT2D eigenvalue weighted by molar-refractivity contribution is 0.0617. The fourth-order valence-electron chi connectivity index (χ4n) is 2.76. The van der Waals surface area contributed by atoms with Gasteiger partial charge in [0.1, 0.15) is 0 Å². The molecule has 0 amide bonds. The Hall–Kier alpha value is -0.380. The minimum Gasteiger partial charge on any atom is -0.381 e. The van der Waals surface area contributed by atoms with Crippen LogP contribution >= 0.6 is 15.9 Å². The molecule has 0 bridgehead atoms. The van der Waals surface area contributed by atoms with E-state index in [9.17, 15) is 0 Å². The van der Waals surface area contributed by atoms with E-state index in [0.29, 0.717) is 5.92 Å². The average Bonchev–Trinajstić information content (AvgIpc) is 2.40. The van der Waals surface area contributed by atoms with Gasteiger partial charge >= 0.3 is 0 Å². The van der Waals surface area contributed by atoms with E-state index in [1.165, 1.54) is 29.3 Å². The lowest BCUT2D eigenvalue weighted by atomic mass is 9.85. The van der Waals surface area contributed by atoms with E-state index < -0.39 is 0 Å². The van der Waals surface area contributed by atoms with Crippen LogP contribution < -0.4 is 5.32 Å². The first-order chi connectivity index (χ1) is 8.81. The summed E-state index contributed by atoms with van der Waals surface area (Å²) in [5.41, 5.74) is 1.43. The van der Waals surface area contributed by atoms with Crippen molar-refractivity contribution in [2.45, 2.75) is 25.2 Å². The summed E-state index contributed by atoms with van der Waals surface area (Å²) >= 11 is 3.68. The number of ether oxygens (including phenoxy) is 1. The van der Waals surface area contributed by atoms with Crippen molar-refractivity contribution in [1.29, 1.82) is 0 Å². The van der Waals surface area contributed by atoms with E-state index in [-0.39, 0.29) is 0 Å². The molecule has 3 heteroatoms. The van der Waals surface area contributed by atoms with E-state index in [1.54, 1.807) is 0 Å². The van der Waals surface area contributed by atoms with Crippen molar-refractivity contribution >= 4 is 15.9 Å². The number of benzene rings is 1. The molecule has 1 fully saturated rings. The Morgan fingerprint density at radius 1 is 1.33 bits per heavy atom. The molecule has 1 aliphatic heterocycles. The highest BCUT2D eigenvalue weighted by molar-refractivity contribution is 9.10. The molecule has 0 radical (unpaired) electrons. The van der Waals surface area contributed by atoms with Crippen molar-refractivity contribution < 1.29 is 4.74 Å². The molecule has 1 saturated heterocycles. The van der Waals surface area contributed by atoms with E-state index in [4.69, 9.17) is 4.74 Å². The Kier molecular flexibility index (Phi) is 5.67. The maximum absolute atomic E-state index is 5.45. The molecule has 2 rings (SSSR count). The number of hydrogen-bond donors (Lipinski definition) is 1. The smallest absolute Gasteiger partial charge is 0.0468 e. The quantitative estimate of drug-likeness (QED) is 0.897. The molecular weight excluding hydrogens is 290 g/mol.